The van der Waals surface area contributed by atoms with Gasteiger partial charge in [0, 0.05) is 50.9 Å². The topological polar surface area (TPSA) is 94.8 Å². The van der Waals surface area contributed by atoms with Gasteiger partial charge in [0.1, 0.15) is 5.76 Å². The van der Waals surface area contributed by atoms with Gasteiger partial charge in [-0.2, -0.15) is 0 Å². The Labute approximate surface area is 171 Å². The van der Waals surface area contributed by atoms with E-state index < -0.39 is 0 Å². The Hall–Kier alpha value is -3.03. The van der Waals surface area contributed by atoms with Crippen molar-refractivity contribution < 1.29 is 9.32 Å². The minimum atomic E-state index is 0.0714. The van der Waals surface area contributed by atoms with Gasteiger partial charge in [0.2, 0.25) is 5.91 Å². The highest BCUT2D eigenvalue weighted by Gasteiger charge is 2.16. The number of nitrogens with zero attached hydrogens (tertiary/aromatic N) is 3. The van der Waals surface area contributed by atoms with Gasteiger partial charge in [0.15, 0.2) is 5.96 Å². The zero-order chi connectivity index (χ0) is 20.6. The Morgan fingerprint density at radius 3 is 2.62 bits per heavy atom. The molecule has 0 bridgehead atoms. The maximum absolute atomic E-state index is 11.6. The summed E-state index contributed by atoms with van der Waals surface area (Å²) in [6, 6.07) is 8.27. The monoisotopic (exact) mass is 398 g/mol. The molecule has 1 saturated heterocycles. The van der Waals surface area contributed by atoms with Crippen molar-refractivity contribution in [2.45, 2.75) is 39.8 Å². The molecule has 3 N–H and O–H groups in total. The molecule has 1 amide bonds. The molecule has 2 heterocycles. The first-order valence-electron chi connectivity index (χ1n) is 10.2. The van der Waals surface area contributed by atoms with E-state index in [0.717, 1.165) is 53.6 Å². The van der Waals surface area contributed by atoms with Crippen LogP contribution in [0.5, 0.6) is 0 Å². The number of benzene rings is 1. The molecule has 3 rings (SSSR count). The quantitative estimate of drug-likeness (QED) is 0.484. The maximum atomic E-state index is 11.6. The van der Waals surface area contributed by atoms with Crippen LogP contribution in [-0.4, -0.2) is 43.7 Å². The SMILES string of the molecule is CCc1noc(CC)c1CNC(=NC)NCc1ccc(N2CCNC(=O)C2)cc1. The third kappa shape index (κ3) is 5.28. The van der Waals surface area contributed by atoms with Crippen molar-refractivity contribution in [2.24, 2.45) is 4.99 Å². The molecule has 1 aliphatic heterocycles. The molecule has 29 heavy (non-hydrogen) atoms. The second-order valence-electron chi connectivity index (χ2n) is 6.96. The van der Waals surface area contributed by atoms with Gasteiger partial charge in [-0.1, -0.05) is 31.1 Å². The van der Waals surface area contributed by atoms with Crippen LogP contribution in [0.15, 0.2) is 33.8 Å². The summed E-state index contributed by atoms with van der Waals surface area (Å²) >= 11 is 0. The Balaban J connectivity index is 1.53. The molecule has 0 radical (unpaired) electrons. The third-order valence-corrected chi connectivity index (χ3v) is 5.06. The van der Waals surface area contributed by atoms with Gasteiger partial charge in [-0.05, 0) is 24.1 Å². The van der Waals surface area contributed by atoms with E-state index in [2.05, 4.69) is 69.1 Å². The fraction of sp³-hybridized carbons (Fsp3) is 0.476. The maximum Gasteiger partial charge on any atom is 0.239 e. The molecule has 0 unspecified atom stereocenters. The number of aromatic nitrogens is 1. The van der Waals surface area contributed by atoms with Crippen molar-refractivity contribution in [3.63, 3.8) is 0 Å². The van der Waals surface area contributed by atoms with Crippen LogP contribution >= 0.6 is 0 Å². The van der Waals surface area contributed by atoms with E-state index in [1.807, 2.05) is 0 Å². The number of amides is 1. The number of anilines is 1. The van der Waals surface area contributed by atoms with Crippen LogP contribution < -0.4 is 20.9 Å². The van der Waals surface area contributed by atoms with E-state index in [1.54, 1.807) is 7.05 Å². The van der Waals surface area contributed by atoms with Gasteiger partial charge >= 0.3 is 0 Å². The van der Waals surface area contributed by atoms with Crippen LogP contribution in [0.25, 0.3) is 0 Å². The molecule has 0 atom stereocenters. The Kier molecular flexibility index (Phi) is 7.10. The summed E-state index contributed by atoms with van der Waals surface area (Å²) in [6.07, 6.45) is 1.67. The van der Waals surface area contributed by atoms with Crippen LogP contribution in [-0.2, 0) is 30.7 Å². The molecule has 156 valence electrons. The van der Waals surface area contributed by atoms with E-state index in [-0.39, 0.29) is 5.91 Å². The number of guanidine groups is 1. The molecule has 1 fully saturated rings. The number of aliphatic imine (C=N–C) groups is 1. The normalized spacial score (nSPS) is 14.7. The minimum absolute atomic E-state index is 0.0714. The smallest absolute Gasteiger partial charge is 0.239 e. The van der Waals surface area contributed by atoms with Crippen molar-refractivity contribution in [3.05, 3.63) is 46.8 Å². The molecule has 1 aromatic carbocycles. The van der Waals surface area contributed by atoms with Crippen molar-refractivity contribution in [1.82, 2.24) is 21.1 Å². The summed E-state index contributed by atoms with van der Waals surface area (Å²) in [6.45, 7) is 7.37. The number of hydrogen-bond donors (Lipinski definition) is 3. The summed E-state index contributed by atoms with van der Waals surface area (Å²) in [5, 5.41) is 13.7. The summed E-state index contributed by atoms with van der Waals surface area (Å²) in [7, 11) is 1.76. The first kappa shape index (κ1) is 20.7. The van der Waals surface area contributed by atoms with Crippen molar-refractivity contribution in [1.29, 1.82) is 0 Å². The standard InChI is InChI=1S/C21H30N6O2/c1-4-18-17(19(5-2)29-26-18)13-25-21(22-3)24-12-15-6-8-16(9-7-15)27-11-10-23-20(28)14-27/h6-9H,4-5,10-14H2,1-3H3,(H,23,28)(H2,22,24,25). The van der Waals surface area contributed by atoms with Crippen LogP contribution in [0.3, 0.4) is 0 Å². The summed E-state index contributed by atoms with van der Waals surface area (Å²) in [5.74, 6) is 1.72. The molecule has 0 aliphatic carbocycles. The van der Waals surface area contributed by atoms with Crippen molar-refractivity contribution >= 4 is 17.6 Å². The van der Waals surface area contributed by atoms with E-state index in [0.29, 0.717) is 26.2 Å². The minimum Gasteiger partial charge on any atom is -0.361 e. The first-order chi connectivity index (χ1) is 14.1. The van der Waals surface area contributed by atoms with Gasteiger partial charge in [0.25, 0.3) is 0 Å². The van der Waals surface area contributed by atoms with E-state index in [1.165, 1.54) is 0 Å². The van der Waals surface area contributed by atoms with Gasteiger partial charge in [-0.25, -0.2) is 0 Å². The molecule has 1 aromatic heterocycles. The lowest BCUT2D eigenvalue weighted by Gasteiger charge is -2.28. The summed E-state index contributed by atoms with van der Waals surface area (Å²) in [5.41, 5.74) is 4.32. The van der Waals surface area contributed by atoms with E-state index in [4.69, 9.17) is 4.52 Å². The average molecular weight is 399 g/mol. The van der Waals surface area contributed by atoms with Crippen LogP contribution in [0.1, 0.15) is 36.4 Å². The number of carbonyl (C=O) groups excluding carboxylic acids is 1. The predicted molar refractivity (Wildman–Crippen MR) is 114 cm³/mol. The van der Waals surface area contributed by atoms with E-state index in [9.17, 15) is 4.79 Å². The lowest BCUT2D eigenvalue weighted by atomic mass is 10.1. The van der Waals surface area contributed by atoms with Gasteiger partial charge in [-0.15, -0.1) is 0 Å². The molecular weight excluding hydrogens is 368 g/mol. The number of rotatable bonds is 7. The molecular formula is C21H30N6O2. The Morgan fingerprint density at radius 1 is 1.21 bits per heavy atom. The highest BCUT2D eigenvalue weighted by molar-refractivity contribution is 5.82. The van der Waals surface area contributed by atoms with Gasteiger partial charge < -0.3 is 25.4 Å². The second-order valence-corrected chi connectivity index (χ2v) is 6.96. The van der Waals surface area contributed by atoms with Crippen molar-refractivity contribution in [3.8, 4) is 0 Å². The molecule has 2 aromatic rings. The predicted octanol–water partition coefficient (Wildman–Crippen LogP) is 1.60. The molecule has 8 heteroatoms. The molecule has 0 spiro atoms. The Bertz CT molecular complexity index is 822. The number of nitrogens with one attached hydrogen (secondary N) is 3. The molecule has 1 aliphatic rings. The fourth-order valence-corrected chi connectivity index (χ4v) is 3.40. The first-order valence-corrected chi connectivity index (χ1v) is 10.2. The summed E-state index contributed by atoms with van der Waals surface area (Å²) < 4.78 is 5.42. The lowest BCUT2D eigenvalue weighted by molar-refractivity contribution is -0.120. The number of piperazine rings is 1. The van der Waals surface area contributed by atoms with Gasteiger partial charge in [0.05, 0.1) is 12.2 Å². The Morgan fingerprint density at radius 2 is 1.97 bits per heavy atom. The molecule has 8 nitrogen and oxygen atoms in total. The average Bonchev–Trinajstić information content (AvgIpc) is 3.16. The second kappa shape index (κ2) is 9.95. The number of hydrogen-bond acceptors (Lipinski definition) is 5. The van der Waals surface area contributed by atoms with Crippen LogP contribution in [0, 0.1) is 0 Å². The largest absolute Gasteiger partial charge is 0.361 e. The lowest BCUT2D eigenvalue weighted by Crippen LogP contribution is -2.47. The zero-order valence-corrected chi connectivity index (χ0v) is 17.4. The number of aryl methyl sites for hydroxylation is 2. The van der Waals surface area contributed by atoms with E-state index >= 15 is 0 Å². The highest BCUT2D eigenvalue weighted by atomic mass is 16.5. The zero-order valence-electron chi connectivity index (χ0n) is 17.4. The number of carbonyl (C=O) groups is 1. The van der Waals surface area contributed by atoms with Gasteiger partial charge in [-0.3, -0.25) is 9.79 Å². The highest BCUT2D eigenvalue weighted by Crippen LogP contribution is 2.17. The van der Waals surface area contributed by atoms with Crippen LogP contribution in [0.4, 0.5) is 5.69 Å². The summed E-state index contributed by atoms with van der Waals surface area (Å²) in [4.78, 5) is 18.0. The third-order valence-electron chi connectivity index (χ3n) is 5.06. The van der Waals surface area contributed by atoms with Crippen LogP contribution in [0.2, 0.25) is 0 Å². The van der Waals surface area contributed by atoms with Crippen molar-refractivity contribution in [2.75, 3.05) is 31.6 Å². The molecule has 0 saturated carbocycles. The fourth-order valence-electron chi connectivity index (χ4n) is 3.40.